The maximum Gasteiger partial charge on any atom is 0.270 e. The lowest BCUT2D eigenvalue weighted by atomic mass is 10.2. The topological polar surface area (TPSA) is 55.2 Å². The van der Waals surface area contributed by atoms with Crippen LogP contribution in [0.1, 0.15) is 12.5 Å². The number of nitro benzene ring substituents is 1. The molecule has 1 aromatic carbocycles. The summed E-state index contributed by atoms with van der Waals surface area (Å²) in [5.41, 5.74) is 0.904. The molecule has 0 bridgehead atoms. The second-order valence-electron chi connectivity index (χ2n) is 3.77. The van der Waals surface area contributed by atoms with Crippen molar-refractivity contribution in [2.75, 3.05) is 12.0 Å². The van der Waals surface area contributed by atoms with Gasteiger partial charge in [-0.15, -0.1) is 0 Å². The van der Waals surface area contributed by atoms with Crippen molar-refractivity contribution in [2.45, 2.75) is 19.5 Å². The smallest absolute Gasteiger partial charge is 0.270 e. The summed E-state index contributed by atoms with van der Waals surface area (Å²) in [6, 6.07) is 4.94. The summed E-state index contributed by atoms with van der Waals surface area (Å²) in [6.45, 7) is 2.72. The van der Waals surface area contributed by atoms with Crippen molar-refractivity contribution in [3.05, 3.63) is 38.9 Å². The molecule has 0 heterocycles. The van der Waals surface area contributed by atoms with E-state index in [1.807, 2.05) is 0 Å². The Balaban J connectivity index is 2.63. The van der Waals surface area contributed by atoms with Gasteiger partial charge in [0.25, 0.3) is 5.69 Å². The second-order valence-corrected chi connectivity index (χ2v) is 5.09. The molecule has 17 heavy (non-hydrogen) atoms. The number of hydrogen-bond acceptors (Lipinski definition) is 4. The monoisotopic (exact) mass is 274 g/mol. The third-order valence-corrected chi connectivity index (χ3v) is 3.49. The quantitative estimate of drug-likeness (QED) is 0.640. The van der Waals surface area contributed by atoms with Gasteiger partial charge in [-0.05, 0) is 24.8 Å². The van der Waals surface area contributed by atoms with Gasteiger partial charge in [-0.3, -0.25) is 10.1 Å². The van der Waals surface area contributed by atoms with E-state index in [0.29, 0.717) is 17.6 Å². The van der Waals surface area contributed by atoms with Gasteiger partial charge in [0.1, 0.15) is 0 Å². The molecule has 0 radical (unpaired) electrons. The number of hydrogen-bond donors (Lipinski definition) is 1. The fourth-order valence-corrected chi connectivity index (χ4v) is 2.25. The van der Waals surface area contributed by atoms with E-state index in [2.05, 4.69) is 18.5 Å². The van der Waals surface area contributed by atoms with E-state index in [9.17, 15) is 10.1 Å². The molecule has 1 N–H and O–H groups in total. The van der Waals surface area contributed by atoms with Gasteiger partial charge in [0.2, 0.25) is 0 Å². The van der Waals surface area contributed by atoms with Crippen LogP contribution in [0.15, 0.2) is 18.2 Å². The molecule has 6 heteroatoms. The molecule has 0 aliphatic carbocycles. The van der Waals surface area contributed by atoms with Crippen LogP contribution in [0.5, 0.6) is 0 Å². The number of thioether (sulfide) groups is 1. The van der Waals surface area contributed by atoms with E-state index in [0.717, 1.165) is 11.3 Å². The highest BCUT2D eigenvalue weighted by molar-refractivity contribution is 7.98. The van der Waals surface area contributed by atoms with Crippen LogP contribution in [-0.2, 0) is 6.54 Å². The van der Waals surface area contributed by atoms with E-state index >= 15 is 0 Å². The zero-order valence-corrected chi connectivity index (χ0v) is 11.3. The third-order valence-electron chi connectivity index (χ3n) is 2.31. The molecule has 94 valence electrons. The number of rotatable bonds is 6. The fraction of sp³-hybridized carbons (Fsp3) is 0.455. The Morgan fingerprint density at radius 1 is 1.59 bits per heavy atom. The first-order valence-corrected chi connectivity index (χ1v) is 6.97. The molecule has 0 spiro atoms. The van der Waals surface area contributed by atoms with Crippen molar-refractivity contribution in [1.29, 1.82) is 0 Å². The van der Waals surface area contributed by atoms with Crippen LogP contribution >= 0.6 is 23.4 Å². The molecule has 0 aliphatic heterocycles. The molecular formula is C11H15ClN2O2S. The second kappa shape index (κ2) is 6.83. The highest BCUT2D eigenvalue weighted by Gasteiger charge is 2.09. The first-order chi connectivity index (χ1) is 8.04. The third kappa shape index (κ3) is 4.53. The van der Waals surface area contributed by atoms with Gasteiger partial charge in [-0.25, -0.2) is 0 Å². The average molecular weight is 275 g/mol. The van der Waals surface area contributed by atoms with Gasteiger partial charge in [0, 0.05) is 30.5 Å². The minimum Gasteiger partial charge on any atom is -0.309 e. The van der Waals surface area contributed by atoms with Gasteiger partial charge in [0.05, 0.1) is 9.95 Å². The normalized spacial score (nSPS) is 12.4. The lowest BCUT2D eigenvalue weighted by Gasteiger charge is -2.12. The Labute approximate surface area is 110 Å². The Hall–Kier alpha value is -0.780. The van der Waals surface area contributed by atoms with Crippen LogP contribution in [0.25, 0.3) is 0 Å². The summed E-state index contributed by atoms with van der Waals surface area (Å²) in [6.07, 6.45) is 2.05. The van der Waals surface area contributed by atoms with E-state index in [1.54, 1.807) is 17.8 Å². The number of non-ortho nitro benzene ring substituents is 1. The largest absolute Gasteiger partial charge is 0.309 e. The Morgan fingerprint density at radius 3 is 2.82 bits per heavy atom. The molecule has 4 nitrogen and oxygen atoms in total. The van der Waals surface area contributed by atoms with Crippen molar-refractivity contribution >= 4 is 29.1 Å². The molecule has 1 aromatic rings. The molecule has 1 rings (SSSR count). The molecule has 0 amide bonds. The van der Waals surface area contributed by atoms with Crippen LogP contribution in [-0.4, -0.2) is 23.0 Å². The standard InChI is InChI=1S/C11H15ClN2O2S/c1-8(7-17-2)13-6-9-3-4-10(14(15)16)5-11(9)12/h3-5,8,13H,6-7H2,1-2H3. The Bertz CT molecular complexity index is 401. The summed E-state index contributed by atoms with van der Waals surface area (Å²) >= 11 is 7.75. The Morgan fingerprint density at radius 2 is 2.29 bits per heavy atom. The van der Waals surface area contributed by atoms with Crippen molar-refractivity contribution in [2.24, 2.45) is 0 Å². The van der Waals surface area contributed by atoms with Crippen molar-refractivity contribution < 1.29 is 4.92 Å². The maximum absolute atomic E-state index is 10.5. The lowest BCUT2D eigenvalue weighted by molar-refractivity contribution is -0.384. The molecule has 1 atom stereocenters. The zero-order chi connectivity index (χ0) is 12.8. The average Bonchev–Trinajstić information content (AvgIpc) is 2.27. The van der Waals surface area contributed by atoms with Gasteiger partial charge >= 0.3 is 0 Å². The minimum absolute atomic E-state index is 0.0240. The molecule has 1 unspecified atom stereocenters. The van der Waals surface area contributed by atoms with Crippen LogP contribution in [0.2, 0.25) is 5.02 Å². The van der Waals surface area contributed by atoms with Crippen LogP contribution < -0.4 is 5.32 Å². The van der Waals surface area contributed by atoms with Crippen molar-refractivity contribution in [3.63, 3.8) is 0 Å². The van der Waals surface area contributed by atoms with E-state index in [1.165, 1.54) is 12.1 Å². The van der Waals surface area contributed by atoms with Gasteiger partial charge in [0.15, 0.2) is 0 Å². The maximum atomic E-state index is 10.5. The van der Waals surface area contributed by atoms with Crippen LogP contribution in [0.3, 0.4) is 0 Å². The van der Waals surface area contributed by atoms with Gasteiger partial charge in [-0.1, -0.05) is 11.6 Å². The molecule has 0 aliphatic rings. The summed E-state index contributed by atoms with van der Waals surface area (Å²) in [5.74, 6) is 1.02. The van der Waals surface area contributed by atoms with E-state index in [4.69, 9.17) is 11.6 Å². The zero-order valence-electron chi connectivity index (χ0n) is 9.77. The van der Waals surface area contributed by atoms with Crippen molar-refractivity contribution in [3.8, 4) is 0 Å². The predicted molar refractivity (Wildman–Crippen MR) is 72.8 cm³/mol. The SMILES string of the molecule is CSCC(C)NCc1ccc([N+](=O)[O-])cc1Cl. The van der Waals surface area contributed by atoms with Crippen LogP contribution in [0, 0.1) is 10.1 Å². The highest BCUT2D eigenvalue weighted by atomic mass is 35.5. The van der Waals surface area contributed by atoms with E-state index in [-0.39, 0.29) is 5.69 Å². The summed E-state index contributed by atoms with van der Waals surface area (Å²) in [7, 11) is 0. The number of nitrogens with zero attached hydrogens (tertiary/aromatic N) is 1. The van der Waals surface area contributed by atoms with Gasteiger partial charge < -0.3 is 5.32 Å². The lowest BCUT2D eigenvalue weighted by Crippen LogP contribution is -2.27. The fourth-order valence-electron chi connectivity index (χ4n) is 1.39. The Kier molecular flexibility index (Phi) is 5.74. The van der Waals surface area contributed by atoms with Gasteiger partial charge in [-0.2, -0.15) is 11.8 Å². The molecule has 0 saturated carbocycles. The summed E-state index contributed by atoms with van der Waals surface area (Å²) in [5, 5.41) is 14.3. The first kappa shape index (κ1) is 14.3. The minimum atomic E-state index is -0.445. The predicted octanol–water partition coefficient (Wildman–Crippen LogP) is 3.09. The highest BCUT2D eigenvalue weighted by Crippen LogP contribution is 2.22. The first-order valence-electron chi connectivity index (χ1n) is 5.19. The number of nitro groups is 1. The van der Waals surface area contributed by atoms with Crippen molar-refractivity contribution in [1.82, 2.24) is 5.32 Å². The van der Waals surface area contributed by atoms with Crippen LogP contribution in [0.4, 0.5) is 5.69 Å². The number of nitrogens with one attached hydrogen (secondary N) is 1. The molecule has 0 aromatic heterocycles. The van der Waals surface area contributed by atoms with E-state index < -0.39 is 4.92 Å². The summed E-state index contributed by atoms with van der Waals surface area (Å²) in [4.78, 5) is 10.1. The number of benzene rings is 1. The summed E-state index contributed by atoms with van der Waals surface area (Å²) < 4.78 is 0. The molecular weight excluding hydrogens is 260 g/mol. The molecule has 0 saturated heterocycles. The molecule has 0 fully saturated rings. The number of halogens is 1.